The molecule has 0 amide bonds. The molecule has 0 radical (unpaired) electrons. The standard InChI is InChI=1S/C9H16O4S/c1-4-6-8-7(14(10,11)13-6)5-9(2,3)12-8/h6-8H,4-5H2,1-3H3. The molecule has 0 aromatic heterocycles. The van der Waals surface area contributed by atoms with Gasteiger partial charge in [-0.25, -0.2) is 0 Å². The van der Waals surface area contributed by atoms with Crippen LogP contribution in [-0.4, -0.2) is 31.5 Å². The van der Waals surface area contributed by atoms with E-state index in [9.17, 15) is 8.42 Å². The van der Waals surface area contributed by atoms with Crippen LogP contribution >= 0.6 is 0 Å². The molecule has 2 aliphatic heterocycles. The summed E-state index contributed by atoms with van der Waals surface area (Å²) in [5.41, 5.74) is -0.334. The Balaban J connectivity index is 2.30. The van der Waals surface area contributed by atoms with Gasteiger partial charge in [-0.2, -0.15) is 8.42 Å². The molecular weight excluding hydrogens is 204 g/mol. The van der Waals surface area contributed by atoms with Crippen LogP contribution in [0.15, 0.2) is 0 Å². The average Bonchev–Trinajstić information content (AvgIpc) is 2.46. The highest BCUT2D eigenvalue weighted by molar-refractivity contribution is 7.87. The highest BCUT2D eigenvalue weighted by Gasteiger charge is 2.56. The van der Waals surface area contributed by atoms with Gasteiger partial charge in [0.2, 0.25) is 0 Å². The summed E-state index contributed by atoms with van der Waals surface area (Å²) in [5, 5.41) is -0.456. The van der Waals surface area contributed by atoms with Crippen LogP contribution in [0.5, 0.6) is 0 Å². The predicted octanol–water partition coefficient (Wildman–Crippen LogP) is 1.06. The van der Waals surface area contributed by atoms with Gasteiger partial charge in [-0.1, -0.05) is 6.92 Å². The normalized spacial score (nSPS) is 43.8. The summed E-state index contributed by atoms with van der Waals surface area (Å²) in [4.78, 5) is 0. The lowest BCUT2D eigenvalue weighted by Crippen LogP contribution is -2.28. The SMILES string of the molecule is CCC1OS(=O)(=O)C2CC(C)(C)OC12. The Hall–Kier alpha value is -0.130. The van der Waals surface area contributed by atoms with Crippen molar-refractivity contribution in [2.75, 3.05) is 0 Å². The molecule has 2 heterocycles. The Morgan fingerprint density at radius 3 is 2.64 bits per heavy atom. The first-order chi connectivity index (χ1) is 6.36. The second kappa shape index (κ2) is 2.93. The van der Waals surface area contributed by atoms with Gasteiger partial charge in [-0.15, -0.1) is 0 Å². The fraction of sp³-hybridized carbons (Fsp3) is 1.00. The fourth-order valence-electron chi connectivity index (χ4n) is 2.27. The van der Waals surface area contributed by atoms with Crippen molar-refractivity contribution in [3.8, 4) is 0 Å². The first-order valence-corrected chi connectivity index (χ1v) is 6.43. The lowest BCUT2D eigenvalue weighted by molar-refractivity contribution is -0.0524. The van der Waals surface area contributed by atoms with E-state index >= 15 is 0 Å². The van der Waals surface area contributed by atoms with Crippen LogP contribution in [-0.2, 0) is 19.0 Å². The molecule has 2 rings (SSSR count). The third-order valence-corrected chi connectivity index (χ3v) is 4.60. The van der Waals surface area contributed by atoms with Crippen molar-refractivity contribution in [2.24, 2.45) is 0 Å². The lowest BCUT2D eigenvalue weighted by Gasteiger charge is -2.21. The molecule has 0 aromatic rings. The van der Waals surface area contributed by atoms with Crippen LogP contribution in [0.2, 0.25) is 0 Å². The second-order valence-electron chi connectivity index (χ2n) is 4.62. The van der Waals surface area contributed by atoms with Crippen LogP contribution < -0.4 is 0 Å². The Morgan fingerprint density at radius 1 is 1.43 bits per heavy atom. The summed E-state index contributed by atoms with van der Waals surface area (Å²) in [6.45, 7) is 5.76. The second-order valence-corrected chi connectivity index (χ2v) is 6.40. The van der Waals surface area contributed by atoms with Crippen LogP contribution in [0.4, 0.5) is 0 Å². The monoisotopic (exact) mass is 220 g/mol. The van der Waals surface area contributed by atoms with Gasteiger partial charge in [0, 0.05) is 0 Å². The lowest BCUT2D eigenvalue weighted by atomic mass is 10.0. The van der Waals surface area contributed by atoms with E-state index in [1.807, 2.05) is 20.8 Å². The number of ether oxygens (including phenoxy) is 1. The molecule has 0 aromatic carbocycles. The highest BCUT2D eigenvalue weighted by atomic mass is 32.2. The summed E-state index contributed by atoms with van der Waals surface area (Å²) in [7, 11) is -3.38. The van der Waals surface area contributed by atoms with E-state index in [-0.39, 0.29) is 17.8 Å². The third-order valence-electron chi connectivity index (χ3n) is 2.91. The zero-order valence-corrected chi connectivity index (χ0v) is 9.50. The number of rotatable bonds is 1. The van der Waals surface area contributed by atoms with Crippen molar-refractivity contribution < 1.29 is 17.3 Å². The van der Waals surface area contributed by atoms with Crippen LogP contribution in [0.3, 0.4) is 0 Å². The smallest absolute Gasteiger partial charge is 0.273 e. The summed E-state index contributed by atoms with van der Waals surface area (Å²) >= 11 is 0. The first kappa shape index (κ1) is 10.4. The molecule has 0 saturated carbocycles. The Labute approximate surface area is 84.7 Å². The molecule has 3 atom stereocenters. The van der Waals surface area contributed by atoms with Gasteiger partial charge in [-0.05, 0) is 26.7 Å². The highest BCUT2D eigenvalue weighted by Crippen LogP contribution is 2.42. The summed E-state index contributed by atoms with van der Waals surface area (Å²) < 4.78 is 33.9. The predicted molar refractivity (Wildman–Crippen MR) is 51.4 cm³/mol. The third kappa shape index (κ3) is 1.47. The molecule has 2 saturated heterocycles. The zero-order valence-electron chi connectivity index (χ0n) is 8.69. The maximum absolute atomic E-state index is 11.6. The van der Waals surface area contributed by atoms with E-state index in [4.69, 9.17) is 8.92 Å². The zero-order chi connectivity index (χ0) is 10.6. The fourth-order valence-corrected chi connectivity index (χ4v) is 4.17. The summed E-state index contributed by atoms with van der Waals surface area (Å²) in [5.74, 6) is 0. The molecule has 82 valence electrons. The topological polar surface area (TPSA) is 52.6 Å². The van der Waals surface area contributed by atoms with Gasteiger partial charge in [0.15, 0.2) is 0 Å². The molecule has 14 heavy (non-hydrogen) atoms. The maximum Gasteiger partial charge on any atom is 0.273 e. The van der Waals surface area contributed by atoms with Crippen molar-refractivity contribution in [2.45, 2.75) is 56.7 Å². The van der Waals surface area contributed by atoms with Crippen LogP contribution in [0.25, 0.3) is 0 Å². The van der Waals surface area contributed by atoms with Gasteiger partial charge >= 0.3 is 0 Å². The molecule has 4 nitrogen and oxygen atoms in total. The minimum Gasteiger partial charge on any atom is -0.368 e. The van der Waals surface area contributed by atoms with E-state index in [0.29, 0.717) is 12.8 Å². The Bertz CT molecular complexity index is 333. The Kier molecular flexibility index (Phi) is 2.18. The number of hydrogen-bond donors (Lipinski definition) is 0. The van der Waals surface area contributed by atoms with Crippen molar-refractivity contribution in [1.29, 1.82) is 0 Å². The van der Waals surface area contributed by atoms with Crippen LogP contribution in [0.1, 0.15) is 33.6 Å². The molecule has 0 aliphatic carbocycles. The van der Waals surface area contributed by atoms with Gasteiger partial charge < -0.3 is 4.74 Å². The first-order valence-electron chi connectivity index (χ1n) is 4.96. The average molecular weight is 220 g/mol. The molecule has 0 bridgehead atoms. The quantitative estimate of drug-likeness (QED) is 0.620. The van der Waals surface area contributed by atoms with Gasteiger partial charge in [0.05, 0.1) is 5.60 Å². The number of fused-ring (bicyclic) bond motifs is 1. The van der Waals surface area contributed by atoms with Gasteiger partial charge in [0.1, 0.15) is 17.5 Å². The molecule has 2 aliphatic rings. The van der Waals surface area contributed by atoms with Crippen molar-refractivity contribution in [3.63, 3.8) is 0 Å². The van der Waals surface area contributed by atoms with Crippen molar-refractivity contribution in [3.05, 3.63) is 0 Å². The molecule has 3 unspecified atom stereocenters. The van der Waals surface area contributed by atoms with E-state index in [2.05, 4.69) is 0 Å². The minimum absolute atomic E-state index is 0.264. The van der Waals surface area contributed by atoms with Gasteiger partial charge in [-0.3, -0.25) is 4.18 Å². The largest absolute Gasteiger partial charge is 0.368 e. The maximum atomic E-state index is 11.6. The van der Waals surface area contributed by atoms with E-state index in [0.717, 1.165) is 0 Å². The molecule has 0 N–H and O–H groups in total. The van der Waals surface area contributed by atoms with E-state index in [1.165, 1.54) is 0 Å². The van der Waals surface area contributed by atoms with Crippen molar-refractivity contribution in [1.82, 2.24) is 0 Å². The van der Waals surface area contributed by atoms with Crippen LogP contribution in [0, 0.1) is 0 Å². The van der Waals surface area contributed by atoms with Gasteiger partial charge in [0.25, 0.3) is 10.1 Å². The number of hydrogen-bond acceptors (Lipinski definition) is 4. The summed E-state index contributed by atoms with van der Waals surface area (Å²) in [6.07, 6.45) is 0.666. The Morgan fingerprint density at radius 2 is 2.07 bits per heavy atom. The molecule has 2 fully saturated rings. The van der Waals surface area contributed by atoms with Crippen molar-refractivity contribution >= 4 is 10.1 Å². The summed E-state index contributed by atoms with van der Waals surface area (Å²) in [6, 6.07) is 0. The molecular formula is C9H16O4S. The minimum atomic E-state index is -3.38. The molecule has 5 heteroatoms. The van der Waals surface area contributed by atoms with E-state index in [1.54, 1.807) is 0 Å². The molecule has 0 spiro atoms. The van der Waals surface area contributed by atoms with E-state index < -0.39 is 15.4 Å².